The number of aromatic nitrogens is 4. The molecule has 3 aromatic heterocycles. The Morgan fingerprint density at radius 3 is 2.68 bits per heavy atom. The standard InChI is InChI=1S/C31H32N6O4/c1-18-15-21(30(38)37-11-13-39-14-12-37)8-9-24(18)34-31-35-28-27(29(36-31)41-22-5-3-4-6-22)23(17-32-28)20-7-10-25-26(16-20)40-19(2)33-25/h7-10,15-17,22H,3-6,11-14H2,1-2H3,(H2,32,34,35,36). The third kappa shape index (κ3) is 4.99. The predicted molar refractivity (Wildman–Crippen MR) is 156 cm³/mol. The van der Waals surface area contributed by atoms with Gasteiger partial charge in [-0.1, -0.05) is 6.07 Å². The fourth-order valence-corrected chi connectivity index (χ4v) is 5.75. The van der Waals surface area contributed by atoms with E-state index in [0.29, 0.717) is 55.2 Å². The number of nitrogens with zero attached hydrogens (tertiary/aromatic N) is 4. The van der Waals surface area contributed by atoms with Gasteiger partial charge in [0.1, 0.15) is 17.3 Å². The van der Waals surface area contributed by atoms with Gasteiger partial charge < -0.3 is 29.1 Å². The maximum atomic E-state index is 13.0. The van der Waals surface area contributed by atoms with Crippen LogP contribution in [0, 0.1) is 13.8 Å². The molecule has 0 radical (unpaired) electrons. The molecule has 210 valence electrons. The predicted octanol–water partition coefficient (Wildman–Crippen LogP) is 5.92. The first-order valence-corrected chi connectivity index (χ1v) is 14.2. The van der Waals surface area contributed by atoms with E-state index in [2.05, 4.69) is 15.3 Å². The first-order valence-electron chi connectivity index (χ1n) is 14.2. The molecular formula is C31H32N6O4. The number of benzene rings is 2. The summed E-state index contributed by atoms with van der Waals surface area (Å²) in [5.41, 5.74) is 6.55. The molecule has 2 fully saturated rings. The lowest BCUT2D eigenvalue weighted by molar-refractivity contribution is 0.0303. The van der Waals surface area contributed by atoms with Crippen LogP contribution in [0.5, 0.6) is 5.88 Å². The van der Waals surface area contributed by atoms with Crippen molar-refractivity contribution >= 4 is 39.7 Å². The van der Waals surface area contributed by atoms with E-state index in [1.165, 1.54) is 0 Å². The summed E-state index contributed by atoms with van der Waals surface area (Å²) in [5, 5.41) is 4.20. The first-order chi connectivity index (χ1) is 20.0. The lowest BCUT2D eigenvalue weighted by Gasteiger charge is -2.27. The Bertz CT molecular complexity index is 1750. The third-order valence-corrected chi connectivity index (χ3v) is 7.90. The molecule has 1 saturated carbocycles. The quantitative estimate of drug-likeness (QED) is 0.267. The van der Waals surface area contributed by atoms with Gasteiger partial charge in [0.25, 0.3) is 5.91 Å². The van der Waals surface area contributed by atoms with Gasteiger partial charge in [-0.3, -0.25) is 4.79 Å². The maximum Gasteiger partial charge on any atom is 0.254 e. The van der Waals surface area contributed by atoms with E-state index >= 15 is 0 Å². The van der Waals surface area contributed by atoms with Crippen molar-refractivity contribution < 1.29 is 18.7 Å². The number of oxazole rings is 1. The van der Waals surface area contributed by atoms with Crippen LogP contribution < -0.4 is 10.1 Å². The summed E-state index contributed by atoms with van der Waals surface area (Å²) < 4.78 is 17.7. The number of morpholine rings is 1. The largest absolute Gasteiger partial charge is 0.474 e. The minimum atomic E-state index is 0.0189. The van der Waals surface area contributed by atoms with E-state index in [1.54, 1.807) is 0 Å². The van der Waals surface area contributed by atoms with Crippen molar-refractivity contribution in [3.63, 3.8) is 0 Å². The topological polar surface area (TPSA) is 118 Å². The van der Waals surface area contributed by atoms with Crippen molar-refractivity contribution in [1.29, 1.82) is 0 Å². The SMILES string of the molecule is Cc1nc2ccc(-c3c[nH]c4nc(Nc5ccc(C(=O)N6CCOCC6)cc5C)nc(OC5CCCC5)c34)cc2o1. The number of amides is 1. The van der Waals surface area contributed by atoms with E-state index in [4.69, 9.17) is 23.9 Å². The molecule has 2 aliphatic rings. The fourth-order valence-electron chi connectivity index (χ4n) is 5.75. The van der Waals surface area contributed by atoms with Gasteiger partial charge in [0.05, 0.1) is 18.6 Å². The first kappa shape index (κ1) is 25.5. The van der Waals surface area contributed by atoms with Gasteiger partial charge in [-0.25, -0.2) is 4.98 Å². The molecule has 5 aromatic rings. The number of nitrogens with one attached hydrogen (secondary N) is 2. The molecule has 1 saturated heterocycles. The highest BCUT2D eigenvalue weighted by molar-refractivity contribution is 5.99. The summed E-state index contributed by atoms with van der Waals surface area (Å²) in [6, 6.07) is 11.6. The monoisotopic (exact) mass is 552 g/mol. The number of carbonyl (C=O) groups excluding carboxylic acids is 1. The summed E-state index contributed by atoms with van der Waals surface area (Å²) in [6.07, 6.45) is 6.38. The molecule has 1 aliphatic heterocycles. The van der Waals surface area contributed by atoms with Crippen LogP contribution in [0.1, 0.15) is 47.5 Å². The third-order valence-electron chi connectivity index (χ3n) is 7.90. The fraction of sp³-hybridized carbons (Fsp3) is 0.355. The maximum absolute atomic E-state index is 13.0. The Morgan fingerprint density at radius 2 is 1.88 bits per heavy atom. The second-order valence-corrected chi connectivity index (χ2v) is 10.8. The highest BCUT2D eigenvalue weighted by atomic mass is 16.5. The van der Waals surface area contributed by atoms with Crippen LogP contribution in [0.3, 0.4) is 0 Å². The zero-order chi connectivity index (χ0) is 27.9. The van der Waals surface area contributed by atoms with Gasteiger partial charge in [-0.15, -0.1) is 0 Å². The van der Waals surface area contributed by atoms with Gasteiger partial charge >= 0.3 is 0 Å². The van der Waals surface area contributed by atoms with Crippen LogP contribution in [0.15, 0.2) is 47.0 Å². The number of aryl methyl sites for hydroxylation is 2. The van der Waals surface area contributed by atoms with Gasteiger partial charge in [-0.05, 0) is 74.1 Å². The number of rotatable bonds is 6. The van der Waals surface area contributed by atoms with Crippen molar-refractivity contribution in [2.75, 3.05) is 31.6 Å². The van der Waals surface area contributed by atoms with Crippen molar-refractivity contribution in [3.05, 3.63) is 59.6 Å². The van der Waals surface area contributed by atoms with Crippen molar-refractivity contribution in [3.8, 4) is 17.0 Å². The molecule has 0 atom stereocenters. The Morgan fingerprint density at radius 1 is 1.05 bits per heavy atom. The molecule has 7 rings (SSSR count). The Balaban J connectivity index is 1.22. The Kier molecular flexibility index (Phi) is 6.54. The van der Waals surface area contributed by atoms with E-state index in [9.17, 15) is 4.79 Å². The molecule has 1 amide bonds. The number of hydrogen-bond acceptors (Lipinski definition) is 8. The molecule has 1 aliphatic carbocycles. The second kappa shape index (κ2) is 10.5. The molecule has 2 N–H and O–H groups in total. The molecule has 4 heterocycles. The van der Waals surface area contributed by atoms with E-state index < -0.39 is 0 Å². The van der Waals surface area contributed by atoms with Gasteiger partial charge in [0.15, 0.2) is 11.5 Å². The van der Waals surface area contributed by atoms with Crippen molar-refractivity contribution in [2.45, 2.75) is 45.6 Å². The highest BCUT2D eigenvalue weighted by Crippen LogP contribution is 2.38. The van der Waals surface area contributed by atoms with E-state index in [1.807, 2.05) is 61.3 Å². The zero-order valence-electron chi connectivity index (χ0n) is 23.2. The number of fused-ring (bicyclic) bond motifs is 2. The lowest BCUT2D eigenvalue weighted by atomic mass is 10.1. The van der Waals surface area contributed by atoms with Gasteiger partial charge in [0.2, 0.25) is 11.8 Å². The molecule has 0 spiro atoms. The van der Waals surface area contributed by atoms with Crippen molar-refractivity contribution in [1.82, 2.24) is 24.8 Å². The minimum absolute atomic E-state index is 0.0189. The lowest BCUT2D eigenvalue weighted by Crippen LogP contribution is -2.40. The number of ether oxygens (including phenoxy) is 2. The zero-order valence-corrected chi connectivity index (χ0v) is 23.2. The summed E-state index contributed by atoms with van der Waals surface area (Å²) in [5.74, 6) is 1.63. The highest BCUT2D eigenvalue weighted by Gasteiger charge is 2.23. The smallest absolute Gasteiger partial charge is 0.254 e. The Labute approximate surface area is 237 Å². The number of carbonyl (C=O) groups is 1. The summed E-state index contributed by atoms with van der Waals surface area (Å²) in [7, 11) is 0. The van der Waals surface area contributed by atoms with Crippen molar-refractivity contribution in [2.24, 2.45) is 0 Å². The molecule has 41 heavy (non-hydrogen) atoms. The van der Waals surface area contributed by atoms with Crippen LogP contribution >= 0.6 is 0 Å². The molecule has 10 heteroatoms. The molecule has 0 unspecified atom stereocenters. The summed E-state index contributed by atoms with van der Waals surface area (Å²) in [6.45, 7) is 6.19. The molecule has 2 aromatic carbocycles. The van der Waals surface area contributed by atoms with Crippen LogP contribution in [0.25, 0.3) is 33.3 Å². The molecular weight excluding hydrogens is 520 g/mol. The van der Waals surface area contributed by atoms with Crippen LogP contribution in [-0.2, 0) is 4.74 Å². The average molecular weight is 553 g/mol. The van der Waals surface area contributed by atoms with Gasteiger partial charge in [-0.2, -0.15) is 9.97 Å². The van der Waals surface area contributed by atoms with Crippen LogP contribution in [0.2, 0.25) is 0 Å². The number of anilines is 2. The van der Waals surface area contributed by atoms with E-state index in [0.717, 1.165) is 64.5 Å². The normalized spacial score (nSPS) is 16.1. The Hall–Kier alpha value is -4.44. The van der Waals surface area contributed by atoms with Crippen LogP contribution in [-0.4, -0.2) is 63.2 Å². The van der Waals surface area contributed by atoms with Gasteiger partial charge in [0, 0.05) is 43.0 Å². The second-order valence-electron chi connectivity index (χ2n) is 10.8. The summed E-state index contributed by atoms with van der Waals surface area (Å²) >= 11 is 0. The number of H-pyrrole nitrogens is 1. The number of aromatic amines is 1. The molecule has 0 bridgehead atoms. The number of hydrogen-bond donors (Lipinski definition) is 2. The summed E-state index contributed by atoms with van der Waals surface area (Å²) in [4.78, 5) is 32.2. The molecule has 10 nitrogen and oxygen atoms in total. The van der Waals surface area contributed by atoms with Crippen LogP contribution in [0.4, 0.5) is 11.6 Å². The minimum Gasteiger partial charge on any atom is -0.474 e. The van der Waals surface area contributed by atoms with E-state index in [-0.39, 0.29) is 12.0 Å². The average Bonchev–Trinajstić information content (AvgIpc) is 3.73.